The van der Waals surface area contributed by atoms with Crippen molar-refractivity contribution in [3.8, 4) is 0 Å². The second-order valence-corrected chi connectivity index (χ2v) is 23.4. The maximum absolute atomic E-state index is 13.0. The van der Waals surface area contributed by atoms with E-state index in [-0.39, 0.29) is 31.1 Å². The molecule has 1 atom stereocenters. The Morgan fingerprint density at radius 3 is 0.756 bits per heavy atom. The van der Waals surface area contributed by atoms with E-state index in [1.807, 2.05) is 0 Å². The van der Waals surface area contributed by atoms with Crippen LogP contribution in [0.15, 0.2) is 97.2 Å². The van der Waals surface area contributed by atoms with Crippen LogP contribution in [0.25, 0.3) is 0 Å². The van der Waals surface area contributed by atoms with Crippen molar-refractivity contribution in [3.63, 3.8) is 0 Å². The average molecular weight is 1140 g/mol. The van der Waals surface area contributed by atoms with E-state index in [4.69, 9.17) is 14.2 Å². The van der Waals surface area contributed by atoms with Gasteiger partial charge in [0.1, 0.15) is 13.2 Å². The lowest BCUT2D eigenvalue weighted by Gasteiger charge is -2.18. The van der Waals surface area contributed by atoms with Crippen LogP contribution in [0.2, 0.25) is 0 Å². The van der Waals surface area contributed by atoms with Crippen molar-refractivity contribution in [2.45, 2.75) is 354 Å². The van der Waals surface area contributed by atoms with Gasteiger partial charge in [0.05, 0.1) is 0 Å². The summed E-state index contributed by atoms with van der Waals surface area (Å²) in [4.78, 5) is 38.5. The van der Waals surface area contributed by atoms with Crippen LogP contribution >= 0.6 is 0 Å². The van der Waals surface area contributed by atoms with Gasteiger partial charge >= 0.3 is 17.9 Å². The molecular weight excluding hydrogens is 1010 g/mol. The lowest BCUT2D eigenvalue weighted by atomic mass is 10.0. The Morgan fingerprint density at radius 2 is 0.476 bits per heavy atom. The smallest absolute Gasteiger partial charge is 0.306 e. The van der Waals surface area contributed by atoms with Gasteiger partial charge in [-0.25, -0.2) is 0 Å². The molecule has 0 N–H and O–H groups in total. The number of hydrogen-bond acceptors (Lipinski definition) is 6. The number of ether oxygens (including phenoxy) is 3. The fourth-order valence-electron chi connectivity index (χ4n) is 10.0. The first kappa shape index (κ1) is 78.3. The molecule has 1 unspecified atom stereocenters. The molecule has 0 aliphatic rings. The average Bonchev–Trinajstić information content (AvgIpc) is 3.47. The van der Waals surface area contributed by atoms with Gasteiger partial charge in [-0.05, 0) is 122 Å². The number of unbranched alkanes of at least 4 members (excludes halogenated alkanes) is 37. The predicted octanol–water partition coefficient (Wildman–Crippen LogP) is 24.4. The molecule has 0 aromatic carbocycles. The normalized spacial score (nSPS) is 12.7. The predicted molar refractivity (Wildman–Crippen MR) is 357 cm³/mol. The van der Waals surface area contributed by atoms with E-state index in [1.54, 1.807) is 0 Å². The van der Waals surface area contributed by atoms with Gasteiger partial charge in [0.25, 0.3) is 0 Å². The number of carbonyl (C=O) groups excluding carboxylic acids is 3. The minimum absolute atomic E-state index is 0.0892. The van der Waals surface area contributed by atoms with Gasteiger partial charge in [-0.2, -0.15) is 0 Å². The molecule has 0 spiro atoms. The summed E-state index contributed by atoms with van der Waals surface area (Å²) in [5.41, 5.74) is 0. The fraction of sp³-hybridized carbons (Fsp3) is 0.750. The maximum atomic E-state index is 13.0. The van der Waals surface area contributed by atoms with Crippen LogP contribution in [0.5, 0.6) is 0 Å². The van der Waals surface area contributed by atoms with Crippen LogP contribution in [0.3, 0.4) is 0 Å². The Balaban J connectivity index is 4.39. The summed E-state index contributed by atoms with van der Waals surface area (Å²) in [5.74, 6) is -0.908. The monoisotopic (exact) mass is 1140 g/mol. The highest BCUT2D eigenvalue weighted by molar-refractivity contribution is 5.71. The van der Waals surface area contributed by atoms with Crippen molar-refractivity contribution in [2.24, 2.45) is 0 Å². The van der Waals surface area contributed by atoms with E-state index >= 15 is 0 Å². The summed E-state index contributed by atoms with van der Waals surface area (Å²) in [7, 11) is 0. The summed E-state index contributed by atoms with van der Waals surface area (Å²) >= 11 is 0. The molecule has 6 heteroatoms. The van der Waals surface area contributed by atoms with Gasteiger partial charge < -0.3 is 14.2 Å². The van der Waals surface area contributed by atoms with Gasteiger partial charge in [0.2, 0.25) is 0 Å². The molecule has 0 aromatic heterocycles. The summed E-state index contributed by atoms with van der Waals surface area (Å²) in [5, 5.41) is 0. The lowest BCUT2D eigenvalue weighted by molar-refractivity contribution is -0.167. The molecule has 472 valence electrons. The zero-order chi connectivity index (χ0) is 59.2. The topological polar surface area (TPSA) is 78.9 Å². The van der Waals surface area contributed by atoms with Crippen LogP contribution in [0, 0.1) is 0 Å². The molecular formula is C76H132O6. The fourth-order valence-corrected chi connectivity index (χ4v) is 10.0. The summed E-state index contributed by atoms with van der Waals surface area (Å²) < 4.78 is 17.0. The summed E-state index contributed by atoms with van der Waals surface area (Å²) in [6, 6.07) is 0. The first-order valence-electron chi connectivity index (χ1n) is 35.2. The van der Waals surface area contributed by atoms with Gasteiger partial charge in [-0.3, -0.25) is 14.4 Å². The molecule has 0 aliphatic heterocycles. The van der Waals surface area contributed by atoms with Crippen molar-refractivity contribution in [2.75, 3.05) is 13.2 Å². The molecule has 0 amide bonds. The van der Waals surface area contributed by atoms with Gasteiger partial charge in [-0.1, -0.05) is 304 Å². The standard InChI is InChI=1S/C76H132O6/c1-4-7-10-13-16-19-22-25-28-31-33-35-37-38-40-41-43-45-48-51-54-57-60-63-66-69-75(78)81-72-73(71-80-74(77)68-65-62-59-56-53-50-47-30-27-24-21-18-15-12-9-6-3)82-76(79)70-67-64-61-58-55-52-49-46-44-42-39-36-34-32-29-26-23-20-17-14-11-8-5-2/h8,11,17,20,26,29-31,33-34,36,42,44,47,49,52,73H,4-7,9-10,12-16,18-19,21-25,27-28,32,35,37-41,43,45-46,48,50-51,53-72H2,1-3H3/b11-8-,20-17-,29-26-,33-31-,36-34-,44-42-,47-30-,52-49-. The zero-order valence-electron chi connectivity index (χ0n) is 54.2. The van der Waals surface area contributed by atoms with Crippen molar-refractivity contribution in [3.05, 3.63) is 97.2 Å². The van der Waals surface area contributed by atoms with Crippen LogP contribution in [-0.2, 0) is 28.6 Å². The molecule has 0 saturated heterocycles. The Bertz CT molecular complexity index is 1590. The summed E-state index contributed by atoms with van der Waals surface area (Å²) in [6.45, 7) is 6.54. The molecule has 0 heterocycles. The number of rotatable bonds is 64. The van der Waals surface area contributed by atoms with Crippen molar-refractivity contribution in [1.82, 2.24) is 0 Å². The van der Waals surface area contributed by atoms with E-state index in [0.717, 1.165) is 116 Å². The SMILES string of the molecule is CC/C=C\C/C=C\C/C=C\C/C=C\C/C=C\C/C=C\CCCCCCC(=O)OC(COC(=O)CCCCCCC/C=C\CCCCCCCCC)COC(=O)CCCCCCCCCCCCCCC/C=C\CCCCCCCCCC. The van der Waals surface area contributed by atoms with Crippen molar-refractivity contribution >= 4 is 17.9 Å². The Labute approximate surface area is 508 Å². The second kappa shape index (κ2) is 69.8. The first-order chi connectivity index (χ1) is 40.5. The Hall–Kier alpha value is -3.67. The van der Waals surface area contributed by atoms with Crippen LogP contribution < -0.4 is 0 Å². The lowest BCUT2D eigenvalue weighted by Crippen LogP contribution is -2.30. The number of allylic oxidation sites excluding steroid dienone is 16. The highest BCUT2D eigenvalue weighted by atomic mass is 16.6. The third-order valence-corrected chi connectivity index (χ3v) is 15.3. The van der Waals surface area contributed by atoms with Gasteiger partial charge in [0, 0.05) is 19.3 Å². The third kappa shape index (κ3) is 67.1. The highest BCUT2D eigenvalue weighted by Gasteiger charge is 2.19. The molecule has 0 fully saturated rings. The molecule has 0 aromatic rings. The van der Waals surface area contributed by atoms with Crippen LogP contribution in [0.4, 0.5) is 0 Å². The Kier molecular flexibility index (Phi) is 66.7. The van der Waals surface area contributed by atoms with E-state index in [9.17, 15) is 14.4 Å². The number of carbonyl (C=O) groups is 3. The minimum Gasteiger partial charge on any atom is -0.462 e. The number of hydrogen-bond donors (Lipinski definition) is 0. The largest absolute Gasteiger partial charge is 0.462 e. The van der Waals surface area contributed by atoms with E-state index in [2.05, 4.69) is 118 Å². The van der Waals surface area contributed by atoms with E-state index < -0.39 is 6.10 Å². The molecule has 0 rings (SSSR count). The van der Waals surface area contributed by atoms with E-state index in [0.29, 0.717) is 19.3 Å². The second-order valence-electron chi connectivity index (χ2n) is 23.4. The zero-order valence-corrected chi connectivity index (χ0v) is 54.2. The van der Waals surface area contributed by atoms with Crippen molar-refractivity contribution < 1.29 is 28.6 Å². The molecule has 82 heavy (non-hydrogen) atoms. The third-order valence-electron chi connectivity index (χ3n) is 15.3. The number of esters is 3. The van der Waals surface area contributed by atoms with E-state index in [1.165, 1.54) is 193 Å². The van der Waals surface area contributed by atoms with Crippen molar-refractivity contribution in [1.29, 1.82) is 0 Å². The maximum Gasteiger partial charge on any atom is 0.306 e. The van der Waals surface area contributed by atoms with Crippen LogP contribution in [-0.4, -0.2) is 37.2 Å². The molecule has 0 bridgehead atoms. The quantitative estimate of drug-likeness (QED) is 0.0261. The first-order valence-corrected chi connectivity index (χ1v) is 35.2. The minimum atomic E-state index is -0.797. The molecule has 0 saturated carbocycles. The molecule has 0 aliphatic carbocycles. The Morgan fingerprint density at radius 1 is 0.256 bits per heavy atom. The highest BCUT2D eigenvalue weighted by Crippen LogP contribution is 2.17. The summed E-state index contributed by atoms with van der Waals surface area (Å²) in [6.07, 6.45) is 94.3. The molecule has 0 radical (unpaired) electrons. The van der Waals surface area contributed by atoms with Crippen LogP contribution in [0.1, 0.15) is 348 Å². The molecule has 6 nitrogen and oxygen atoms in total. The van der Waals surface area contributed by atoms with Gasteiger partial charge in [0.15, 0.2) is 6.10 Å². The van der Waals surface area contributed by atoms with Gasteiger partial charge in [-0.15, -0.1) is 0 Å².